The summed E-state index contributed by atoms with van der Waals surface area (Å²) in [5.41, 5.74) is 7.15. The lowest BCUT2D eigenvalue weighted by Crippen LogP contribution is -2.34. The molecule has 1 heterocycles. The Bertz CT molecular complexity index is 708. The molecule has 0 aliphatic heterocycles. The van der Waals surface area contributed by atoms with Crippen molar-refractivity contribution < 1.29 is 8.42 Å². The topological polar surface area (TPSA) is 72.2 Å². The van der Waals surface area contributed by atoms with E-state index < -0.39 is 10.0 Å². The smallest absolute Gasteiger partial charge is 0.243 e. The van der Waals surface area contributed by atoms with Crippen LogP contribution in [0.1, 0.15) is 12.5 Å². The van der Waals surface area contributed by atoms with Gasteiger partial charge in [0.05, 0.1) is 5.69 Å². The van der Waals surface area contributed by atoms with E-state index in [0.29, 0.717) is 10.9 Å². The van der Waals surface area contributed by atoms with Gasteiger partial charge in [0.15, 0.2) is 0 Å². The van der Waals surface area contributed by atoms with Crippen LogP contribution in [0.2, 0.25) is 0 Å². The Hall–Kier alpha value is -0.410. The van der Waals surface area contributed by atoms with Crippen LogP contribution in [-0.4, -0.2) is 14.5 Å². The maximum Gasteiger partial charge on any atom is 0.243 e. The lowest BCUT2D eigenvalue weighted by atomic mass is 10.1. The van der Waals surface area contributed by atoms with Crippen molar-refractivity contribution in [2.75, 3.05) is 5.73 Å². The van der Waals surface area contributed by atoms with Crippen molar-refractivity contribution in [2.45, 2.75) is 24.3 Å². The minimum absolute atomic E-state index is 0.0721. The van der Waals surface area contributed by atoms with Crippen LogP contribution in [0.4, 0.5) is 5.69 Å². The van der Waals surface area contributed by atoms with Crippen molar-refractivity contribution >= 4 is 58.9 Å². The number of halogens is 2. The quantitative estimate of drug-likeness (QED) is 0.676. The molecule has 0 radical (unpaired) electrons. The molecule has 8 heteroatoms. The minimum Gasteiger partial charge on any atom is -0.398 e. The SMILES string of the molecule is CC(Cc1ccsc1)NS(=O)(=O)c1c(N)cc(Br)cc1Br. The fraction of sp³-hybridized carbons (Fsp3) is 0.231. The van der Waals surface area contributed by atoms with E-state index in [0.717, 1.165) is 10.0 Å². The molecule has 1 aromatic carbocycles. The number of nitrogens with one attached hydrogen (secondary N) is 1. The van der Waals surface area contributed by atoms with Crippen molar-refractivity contribution in [3.05, 3.63) is 43.5 Å². The highest BCUT2D eigenvalue weighted by atomic mass is 79.9. The molecular weight excluding hydrogens is 440 g/mol. The van der Waals surface area contributed by atoms with Crippen LogP contribution < -0.4 is 10.5 Å². The molecule has 1 atom stereocenters. The lowest BCUT2D eigenvalue weighted by molar-refractivity contribution is 0.560. The third kappa shape index (κ3) is 4.29. The average molecular weight is 454 g/mol. The molecule has 0 bridgehead atoms. The first-order valence-corrected chi connectivity index (χ1v) is 10.1. The second kappa shape index (κ2) is 6.78. The summed E-state index contributed by atoms with van der Waals surface area (Å²) in [5.74, 6) is 0. The van der Waals surface area contributed by atoms with Crippen LogP contribution in [0.25, 0.3) is 0 Å². The Kier molecular flexibility index (Phi) is 5.48. The van der Waals surface area contributed by atoms with Gasteiger partial charge in [-0.25, -0.2) is 13.1 Å². The second-order valence-corrected chi connectivity index (χ2v) is 8.86. The Morgan fingerprint density at radius 3 is 2.67 bits per heavy atom. The van der Waals surface area contributed by atoms with E-state index in [1.54, 1.807) is 23.5 Å². The second-order valence-electron chi connectivity index (χ2n) is 4.66. The van der Waals surface area contributed by atoms with Crippen molar-refractivity contribution in [1.29, 1.82) is 0 Å². The van der Waals surface area contributed by atoms with Crippen molar-refractivity contribution in [2.24, 2.45) is 0 Å². The molecule has 0 spiro atoms. The molecule has 1 unspecified atom stereocenters. The number of hydrogen-bond donors (Lipinski definition) is 2. The molecule has 0 saturated carbocycles. The predicted molar refractivity (Wildman–Crippen MR) is 94.1 cm³/mol. The molecule has 2 aromatic rings. The molecule has 4 nitrogen and oxygen atoms in total. The maximum absolute atomic E-state index is 12.5. The van der Waals surface area contributed by atoms with Gasteiger partial charge in [0.2, 0.25) is 10.0 Å². The molecule has 0 saturated heterocycles. The maximum atomic E-state index is 12.5. The summed E-state index contributed by atoms with van der Waals surface area (Å²) >= 11 is 8.13. The molecule has 114 valence electrons. The Balaban J connectivity index is 2.22. The van der Waals surface area contributed by atoms with Gasteiger partial charge in [-0.15, -0.1) is 0 Å². The molecule has 0 aliphatic rings. The lowest BCUT2D eigenvalue weighted by Gasteiger charge is -2.16. The van der Waals surface area contributed by atoms with Crippen molar-refractivity contribution in [3.63, 3.8) is 0 Å². The van der Waals surface area contributed by atoms with E-state index in [4.69, 9.17) is 5.73 Å². The van der Waals surface area contributed by atoms with E-state index in [9.17, 15) is 8.42 Å². The standard InChI is InChI=1S/C13H14Br2N2O2S2/c1-8(4-9-2-3-20-7-9)17-21(18,19)13-11(15)5-10(14)6-12(13)16/h2-3,5-8,17H,4,16H2,1H3. The van der Waals surface area contributed by atoms with Crippen LogP contribution in [0.3, 0.4) is 0 Å². The molecule has 0 amide bonds. The number of nitrogen functional groups attached to an aromatic ring is 1. The van der Waals surface area contributed by atoms with Crippen LogP contribution in [0, 0.1) is 0 Å². The Labute approximate surface area is 145 Å². The van der Waals surface area contributed by atoms with Crippen LogP contribution in [0.5, 0.6) is 0 Å². The normalized spacial score (nSPS) is 13.3. The predicted octanol–water partition coefficient (Wildman–Crippen LogP) is 3.76. The first kappa shape index (κ1) is 17.0. The van der Waals surface area contributed by atoms with E-state index in [-0.39, 0.29) is 16.6 Å². The number of anilines is 1. The average Bonchev–Trinajstić information content (AvgIpc) is 2.78. The Morgan fingerprint density at radius 2 is 2.10 bits per heavy atom. The fourth-order valence-corrected chi connectivity index (χ4v) is 5.99. The highest BCUT2D eigenvalue weighted by Crippen LogP contribution is 2.31. The van der Waals surface area contributed by atoms with E-state index in [1.807, 2.05) is 23.8 Å². The summed E-state index contributed by atoms with van der Waals surface area (Å²) in [5, 5.41) is 3.98. The van der Waals surface area contributed by atoms with Gasteiger partial charge in [-0.05, 0) is 63.8 Å². The summed E-state index contributed by atoms with van der Waals surface area (Å²) in [6, 6.07) is 5.00. The minimum atomic E-state index is -3.68. The first-order valence-electron chi connectivity index (χ1n) is 6.07. The zero-order chi connectivity index (χ0) is 15.6. The van der Waals surface area contributed by atoms with E-state index in [2.05, 4.69) is 36.6 Å². The fourth-order valence-electron chi connectivity index (χ4n) is 1.99. The monoisotopic (exact) mass is 452 g/mol. The van der Waals surface area contributed by atoms with Crippen molar-refractivity contribution in [1.82, 2.24) is 4.72 Å². The van der Waals surface area contributed by atoms with Crippen LogP contribution in [0.15, 0.2) is 42.8 Å². The summed E-state index contributed by atoms with van der Waals surface area (Å²) < 4.78 is 28.8. The number of benzene rings is 1. The van der Waals surface area contributed by atoms with Gasteiger partial charge in [0.1, 0.15) is 4.90 Å². The van der Waals surface area contributed by atoms with Gasteiger partial charge in [0, 0.05) is 15.0 Å². The third-order valence-corrected chi connectivity index (χ3v) is 6.57. The van der Waals surface area contributed by atoms with Gasteiger partial charge < -0.3 is 5.73 Å². The zero-order valence-corrected chi connectivity index (χ0v) is 15.9. The molecule has 21 heavy (non-hydrogen) atoms. The summed E-state index contributed by atoms with van der Waals surface area (Å²) in [7, 11) is -3.68. The number of sulfonamides is 1. The summed E-state index contributed by atoms with van der Waals surface area (Å²) in [6.45, 7) is 1.83. The van der Waals surface area contributed by atoms with E-state index >= 15 is 0 Å². The van der Waals surface area contributed by atoms with Crippen LogP contribution >= 0.6 is 43.2 Å². The highest BCUT2D eigenvalue weighted by molar-refractivity contribution is 9.11. The molecule has 2 rings (SSSR count). The molecule has 0 fully saturated rings. The number of hydrogen-bond acceptors (Lipinski definition) is 4. The number of thiophene rings is 1. The third-order valence-electron chi connectivity index (χ3n) is 2.78. The van der Waals surface area contributed by atoms with Gasteiger partial charge in [-0.3, -0.25) is 0 Å². The summed E-state index contributed by atoms with van der Waals surface area (Å²) in [4.78, 5) is 0.0721. The van der Waals surface area contributed by atoms with Crippen LogP contribution in [-0.2, 0) is 16.4 Å². The Morgan fingerprint density at radius 1 is 1.38 bits per heavy atom. The van der Waals surface area contributed by atoms with Gasteiger partial charge >= 0.3 is 0 Å². The zero-order valence-electron chi connectivity index (χ0n) is 11.1. The molecule has 1 aromatic heterocycles. The highest BCUT2D eigenvalue weighted by Gasteiger charge is 2.23. The largest absolute Gasteiger partial charge is 0.398 e. The summed E-state index contributed by atoms with van der Waals surface area (Å²) in [6.07, 6.45) is 0.636. The van der Waals surface area contributed by atoms with Crippen molar-refractivity contribution in [3.8, 4) is 0 Å². The number of rotatable bonds is 5. The molecule has 3 N–H and O–H groups in total. The van der Waals surface area contributed by atoms with Gasteiger partial charge in [-0.1, -0.05) is 15.9 Å². The van der Waals surface area contributed by atoms with Gasteiger partial charge in [0.25, 0.3) is 0 Å². The number of nitrogens with two attached hydrogens (primary N) is 1. The molecule has 0 aliphatic carbocycles. The van der Waals surface area contributed by atoms with E-state index in [1.165, 1.54) is 0 Å². The van der Waals surface area contributed by atoms with Gasteiger partial charge in [-0.2, -0.15) is 11.3 Å². The first-order chi connectivity index (χ1) is 9.79. The molecular formula is C13H14Br2N2O2S2.